The van der Waals surface area contributed by atoms with Crippen molar-refractivity contribution in [3.63, 3.8) is 0 Å². The van der Waals surface area contributed by atoms with E-state index in [0.717, 1.165) is 5.69 Å². The molecular formula is C8H12N2O3S. The third-order valence-electron chi connectivity index (χ3n) is 1.52. The Morgan fingerprint density at radius 2 is 2.50 bits per heavy atom. The van der Waals surface area contributed by atoms with E-state index in [1.807, 2.05) is 0 Å². The van der Waals surface area contributed by atoms with Crippen molar-refractivity contribution in [2.45, 2.75) is 13.0 Å². The molecule has 0 aliphatic carbocycles. The molecule has 3 N–H and O–H groups in total. The Bertz CT molecular complexity index is 313. The van der Waals surface area contributed by atoms with E-state index in [0.29, 0.717) is 5.01 Å². The fourth-order valence-electron chi connectivity index (χ4n) is 0.809. The lowest BCUT2D eigenvalue weighted by Gasteiger charge is -2.06. The number of hydrogen-bond donors (Lipinski definition) is 3. The number of amides is 1. The summed E-state index contributed by atoms with van der Waals surface area (Å²) in [6.07, 6.45) is -0.917. The van der Waals surface area contributed by atoms with Gasteiger partial charge in [-0.25, -0.2) is 4.98 Å². The fraction of sp³-hybridized carbons (Fsp3) is 0.500. The standard InChI is InChI=1S/C8H12N2O3S/c1-5-4-14-8(10-5)7(13)9-2-6(12)3-11/h4,6,11-12H,2-3H2,1H3,(H,9,13)/t6-/m1/s1. The lowest BCUT2D eigenvalue weighted by molar-refractivity contribution is 0.0801. The van der Waals surface area contributed by atoms with Gasteiger partial charge in [0.2, 0.25) is 0 Å². The second-order valence-electron chi connectivity index (χ2n) is 2.84. The van der Waals surface area contributed by atoms with Crippen molar-refractivity contribution in [3.05, 3.63) is 16.1 Å². The number of aryl methyl sites for hydroxylation is 1. The van der Waals surface area contributed by atoms with Gasteiger partial charge in [-0.2, -0.15) is 0 Å². The predicted molar refractivity (Wildman–Crippen MR) is 52.3 cm³/mol. The summed E-state index contributed by atoms with van der Waals surface area (Å²) in [7, 11) is 0. The molecule has 6 heteroatoms. The molecule has 0 aliphatic rings. The van der Waals surface area contributed by atoms with E-state index < -0.39 is 6.10 Å². The van der Waals surface area contributed by atoms with Crippen molar-refractivity contribution in [1.82, 2.24) is 10.3 Å². The van der Waals surface area contributed by atoms with Gasteiger partial charge < -0.3 is 15.5 Å². The Balaban J connectivity index is 2.43. The van der Waals surface area contributed by atoms with Gasteiger partial charge in [0.25, 0.3) is 5.91 Å². The molecule has 0 saturated heterocycles. The third kappa shape index (κ3) is 3.06. The molecule has 1 amide bonds. The van der Waals surface area contributed by atoms with Gasteiger partial charge in [0, 0.05) is 17.6 Å². The van der Waals surface area contributed by atoms with Crippen LogP contribution in [0.4, 0.5) is 0 Å². The van der Waals surface area contributed by atoms with Crippen molar-refractivity contribution in [2.75, 3.05) is 13.2 Å². The highest BCUT2D eigenvalue weighted by atomic mass is 32.1. The van der Waals surface area contributed by atoms with E-state index in [-0.39, 0.29) is 19.1 Å². The second-order valence-corrected chi connectivity index (χ2v) is 3.70. The SMILES string of the molecule is Cc1csc(C(=O)NC[C@@H](O)CO)n1. The van der Waals surface area contributed by atoms with Gasteiger partial charge in [-0.1, -0.05) is 0 Å². The zero-order chi connectivity index (χ0) is 10.6. The summed E-state index contributed by atoms with van der Waals surface area (Å²) in [6, 6.07) is 0. The molecule has 0 fully saturated rings. The van der Waals surface area contributed by atoms with Crippen LogP contribution in [0.5, 0.6) is 0 Å². The van der Waals surface area contributed by atoms with E-state index in [2.05, 4.69) is 10.3 Å². The number of aliphatic hydroxyl groups excluding tert-OH is 2. The van der Waals surface area contributed by atoms with Gasteiger partial charge in [-0.15, -0.1) is 11.3 Å². The average Bonchev–Trinajstić information content (AvgIpc) is 2.60. The summed E-state index contributed by atoms with van der Waals surface area (Å²) in [4.78, 5) is 15.3. The Morgan fingerprint density at radius 3 is 3.00 bits per heavy atom. The summed E-state index contributed by atoms with van der Waals surface area (Å²) in [5.41, 5.74) is 0.794. The number of nitrogens with one attached hydrogen (secondary N) is 1. The first-order valence-corrected chi connectivity index (χ1v) is 5.00. The number of carbonyl (C=O) groups is 1. The van der Waals surface area contributed by atoms with E-state index in [1.54, 1.807) is 12.3 Å². The number of carbonyl (C=O) groups excluding carboxylic acids is 1. The second kappa shape index (κ2) is 5.04. The van der Waals surface area contributed by atoms with E-state index in [1.165, 1.54) is 11.3 Å². The molecule has 14 heavy (non-hydrogen) atoms. The van der Waals surface area contributed by atoms with Crippen LogP contribution in [0, 0.1) is 6.92 Å². The van der Waals surface area contributed by atoms with Crippen LogP contribution in [0.25, 0.3) is 0 Å². The Hall–Kier alpha value is -0.980. The normalized spacial score (nSPS) is 12.5. The molecule has 1 aromatic rings. The Kier molecular flexibility index (Phi) is 3.99. The minimum atomic E-state index is -0.917. The van der Waals surface area contributed by atoms with Crippen LogP contribution in [-0.4, -0.2) is 40.4 Å². The molecule has 0 radical (unpaired) electrons. The first kappa shape index (κ1) is 11.1. The van der Waals surface area contributed by atoms with Gasteiger partial charge in [0.05, 0.1) is 12.7 Å². The Morgan fingerprint density at radius 1 is 1.79 bits per heavy atom. The highest BCUT2D eigenvalue weighted by Crippen LogP contribution is 2.07. The summed E-state index contributed by atoms with van der Waals surface area (Å²) in [5, 5.41) is 22.1. The maximum Gasteiger partial charge on any atom is 0.280 e. The molecule has 0 saturated carbocycles. The van der Waals surface area contributed by atoms with Gasteiger partial charge in [0.1, 0.15) is 0 Å². The van der Waals surface area contributed by atoms with Crippen LogP contribution in [0.2, 0.25) is 0 Å². The van der Waals surface area contributed by atoms with Gasteiger partial charge >= 0.3 is 0 Å². The number of hydrogen-bond acceptors (Lipinski definition) is 5. The van der Waals surface area contributed by atoms with Gasteiger partial charge in [0.15, 0.2) is 5.01 Å². The molecule has 1 heterocycles. The fourth-order valence-corrected chi connectivity index (χ4v) is 1.52. The third-order valence-corrected chi connectivity index (χ3v) is 2.48. The van der Waals surface area contributed by atoms with Crippen LogP contribution >= 0.6 is 11.3 Å². The number of thiazole rings is 1. The zero-order valence-corrected chi connectivity index (χ0v) is 8.54. The quantitative estimate of drug-likeness (QED) is 0.635. The molecule has 5 nitrogen and oxygen atoms in total. The molecule has 0 bridgehead atoms. The largest absolute Gasteiger partial charge is 0.394 e. The van der Waals surface area contributed by atoms with Crippen LogP contribution in [-0.2, 0) is 0 Å². The molecule has 0 spiro atoms. The lowest BCUT2D eigenvalue weighted by Crippen LogP contribution is -2.33. The van der Waals surface area contributed by atoms with Gasteiger partial charge in [-0.3, -0.25) is 4.79 Å². The molecule has 0 unspecified atom stereocenters. The van der Waals surface area contributed by atoms with Crippen molar-refractivity contribution in [3.8, 4) is 0 Å². The summed E-state index contributed by atoms with van der Waals surface area (Å²) >= 11 is 1.25. The van der Waals surface area contributed by atoms with E-state index in [4.69, 9.17) is 10.2 Å². The van der Waals surface area contributed by atoms with Crippen LogP contribution < -0.4 is 5.32 Å². The predicted octanol–water partition coefficient (Wildman–Crippen LogP) is -0.465. The van der Waals surface area contributed by atoms with Gasteiger partial charge in [-0.05, 0) is 6.92 Å². The molecule has 0 aliphatic heterocycles. The summed E-state index contributed by atoms with van der Waals surface area (Å²) in [5.74, 6) is -0.324. The number of nitrogens with zero attached hydrogens (tertiary/aromatic N) is 1. The Labute approximate surface area is 85.4 Å². The molecule has 1 atom stereocenters. The zero-order valence-electron chi connectivity index (χ0n) is 7.73. The minimum Gasteiger partial charge on any atom is -0.394 e. The topological polar surface area (TPSA) is 82.5 Å². The first-order valence-electron chi connectivity index (χ1n) is 4.12. The maximum absolute atomic E-state index is 11.3. The van der Waals surface area contributed by atoms with Crippen molar-refractivity contribution >= 4 is 17.2 Å². The first-order chi connectivity index (χ1) is 6.63. The lowest BCUT2D eigenvalue weighted by atomic mass is 10.4. The molecule has 78 valence electrons. The highest BCUT2D eigenvalue weighted by molar-refractivity contribution is 7.11. The monoisotopic (exact) mass is 216 g/mol. The molecule has 0 aromatic carbocycles. The van der Waals surface area contributed by atoms with Crippen LogP contribution in [0.1, 0.15) is 15.5 Å². The molecule has 1 aromatic heterocycles. The molecular weight excluding hydrogens is 204 g/mol. The summed E-state index contributed by atoms with van der Waals surface area (Å²) in [6.45, 7) is 1.47. The number of aromatic nitrogens is 1. The number of rotatable bonds is 4. The van der Waals surface area contributed by atoms with E-state index in [9.17, 15) is 4.79 Å². The summed E-state index contributed by atoms with van der Waals surface area (Å²) < 4.78 is 0. The smallest absolute Gasteiger partial charge is 0.280 e. The van der Waals surface area contributed by atoms with Crippen molar-refractivity contribution < 1.29 is 15.0 Å². The number of aliphatic hydroxyl groups is 2. The van der Waals surface area contributed by atoms with E-state index >= 15 is 0 Å². The highest BCUT2D eigenvalue weighted by Gasteiger charge is 2.10. The molecule has 1 rings (SSSR count). The van der Waals surface area contributed by atoms with Crippen molar-refractivity contribution in [2.24, 2.45) is 0 Å². The maximum atomic E-state index is 11.3. The van der Waals surface area contributed by atoms with Crippen LogP contribution in [0.3, 0.4) is 0 Å². The minimum absolute atomic E-state index is 0.0357. The van der Waals surface area contributed by atoms with Crippen molar-refractivity contribution in [1.29, 1.82) is 0 Å². The van der Waals surface area contributed by atoms with Crippen LogP contribution in [0.15, 0.2) is 5.38 Å². The average molecular weight is 216 g/mol.